The molecule has 0 radical (unpaired) electrons. The molecule has 2 aliphatic heterocycles. The van der Waals surface area contributed by atoms with Gasteiger partial charge in [0.15, 0.2) is 0 Å². The highest BCUT2D eigenvalue weighted by molar-refractivity contribution is 5.93. The standard InChI is InChI=1S/C11H14N4O2/c1-11(2,3)9(17)15-10-13-7-6(4-5-12-7)8(16)14-10/h4-5H,1-3H3,(H3,12,13,14,15,16,17). The molecule has 0 aromatic heterocycles. The molecule has 2 heterocycles. The van der Waals surface area contributed by atoms with Crippen molar-refractivity contribution in [3.8, 4) is 17.3 Å². The molecule has 0 aromatic carbocycles. The molecule has 0 saturated carbocycles. The van der Waals surface area contributed by atoms with E-state index in [-0.39, 0.29) is 17.7 Å². The maximum Gasteiger partial charge on any atom is 0.232 e. The quantitative estimate of drug-likeness (QED) is 0.699. The van der Waals surface area contributed by atoms with Gasteiger partial charge in [-0.1, -0.05) is 20.8 Å². The average molecular weight is 234 g/mol. The van der Waals surface area contributed by atoms with Crippen LogP contribution in [0.25, 0.3) is 11.4 Å². The molecule has 3 N–H and O–H groups in total. The SMILES string of the molecule is CC(C)(C)C(=O)Nc1nc(O)c2ccnc-2[nH]1. The second-order valence-corrected chi connectivity index (χ2v) is 4.82. The molecule has 2 aliphatic rings. The Morgan fingerprint density at radius 3 is 2.82 bits per heavy atom. The van der Waals surface area contributed by atoms with Crippen molar-refractivity contribution in [3.63, 3.8) is 0 Å². The van der Waals surface area contributed by atoms with Crippen LogP contribution in [0.15, 0.2) is 12.3 Å². The molecule has 0 unspecified atom stereocenters. The van der Waals surface area contributed by atoms with Gasteiger partial charge < -0.3 is 10.1 Å². The number of amides is 1. The van der Waals surface area contributed by atoms with Gasteiger partial charge in [-0.05, 0) is 6.07 Å². The number of carbonyl (C=O) groups is 1. The summed E-state index contributed by atoms with van der Waals surface area (Å²) < 4.78 is 0. The van der Waals surface area contributed by atoms with Gasteiger partial charge in [-0.25, -0.2) is 4.98 Å². The van der Waals surface area contributed by atoms with E-state index in [0.29, 0.717) is 11.4 Å². The van der Waals surface area contributed by atoms with E-state index >= 15 is 0 Å². The van der Waals surface area contributed by atoms with Gasteiger partial charge in [-0.3, -0.25) is 10.1 Å². The molecule has 0 saturated heterocycles. The number of rotatable bonds is 1. The molecule has 0 atom stereocenters. The summed E-state index contributed by atoms with van der Waals surface area (Å²) in [4.78, 5) is 22.4. The lowest BCUT2D eigenvalue weighted by Gasteiger charge is -2.17. The number of anilines is 1. The second kappa shape index (κ2) is 3.73. The Morgan fingerprint density at radius 1 is 1.47 bits per heavy atom. The summed E-state index contributed by atoms with van der Waals surface area (Å²) in [6.07, 6.45) is 1.55. The van der Waals surface area contributed by atoms with E-state index in [2.05, 4.69) is 20.3 Å². The molecular weight excluding hydrogens is 220 g/mol. The molecule has 0 spiro atoms. The predicted octanol–water partition coefficient (Wildman–Crippen LogP) is 1.60. The molecule has 6 nitrogen and oxygen atoms in total. The van der Waals surface area contributed by atoms with Gasteiger partial charge in [0.2, 0.25) is 17.7 Å². The lowest BCUT2D eigenvalue weighted by Crippen LogP contribution is -2.28. The first-order valence-electron chi connectivity index (χ1n) is 5.23. The van der Waals surface area contributed by atoms with Crippen LogP contribution in [0.4, 0.5) is 5.95 Å². The van der Waals surface area contributed by atoms with Crippen molar-refractivity contribution in [1.29, 1.82) is 0 Å². The molecule has 0 bridgehead atoms. The highest BCUT2D eigenvalue weighted by Gasteiger charge is 2.23. The van der Waals surface area contributed by atoms with E-state index in [1.807, 2.05) is 0 Å². The first-order valence-corrected chi connectivity index (χ1v) is 5.23. The Balaban J connectivity index is 2.32. The van der Waals surface area contributed by atoms with Crippen molar-refractivity contribution in [2.24, 2.45) is 5.41 Å². The number of hydrogen-bond acceptors (Lipinski definition) is 4. The van der Waals surface area contributed by atoms with Crippen LogP contribution in [-0.4, -0.2) is 26.0 Å². The second-order valence-electron chi connectivity index (χ2n) is 4.82. The van der Waals surface area contributed by atoms with Gasteiger partial charge in [0.1, 0.15) is 5.82 Å². The number of fused-ring (bicyclic) bond motifs is 1. The maximum absolute atomic E-state index is 11.7. The first-order chi connectivity index (χ1) is 7.88. The van der Waals surface area contributed by atoms with E-state index in [1.54, 1.807) is 33.0 Å². The van der Waals surface area contributed by atoms with Crippen LogP contribution < -0.4 is 5.32 Å². The van der Waals surface area contributed by atoms with Crippen molar-refractivity contribution >= 4 is 11.9 Å². The topological polar surface area (TPSA) is 90.9 Å². The molecule has 6 heteroatoms. The minimum Gasteiger partial charge on any atom is -0.493 e. The van der Waals surface area contributed by atoms with Gasteiger partial charge in [0.25, 0.3) is 0 Å². The number of nitrogens with one attached hydrogen (secondary N) is 2. The van der Waals surface area contributed by atoms with E-state index < -0.39 is 5.41 Å². The van der Waals surface area contributed by atoms with Crippen molar-refractivity contribution in [2.75, 3.05) is 5.32 Å². The largest absolute Gasteiger partial charge is 0.493 e. The summed E-state index contributed by atoms with van der Waals surface area (Å²) in [5.41, 5.74) is -0.00160. The van der Waals surface area contributed by atoms with Gasteiger partial charge in [-0.2, -0.15) is 4.98 Å². The van der Waals surface area contributed by atoms with Crippen LogP contribution >= 0.6 is 0 Å². The van der Waals surface area contributed by atoms with E-state index in [4.69, 9.17) is 0 Å². The fourth-order valence-electron chi connectivity index (χ4n) is 1.28. The van der Waals surface area contributed by atoms with Crippen LogP contribution in [0.2, 0.25) is 0 Å². The summed E-state index contributed by atoms with van der Waals surface area (Å²) in [5, 5.41) is 12.2. The van der Waals surface area contributed by atoms with Crippen molar-refractivity contribution in [3.05, 3.63) is 12.3 Å². The summed E-state index contributed by atoms with van der Waals surface area (Å²) >= 11 is 0. The first kappa shape index (κ1) is 11.4. The van der Waals surface area contributed by atoms with Crippen molar-refractivity contribution in [2.45, 2.75) is 20.8 Å². The third-order valence-electron chi connectivity index (χ3n) is 2.31. The van der Waals surface area contributed by atoms with E-state index in [0.717, 1.165) is 0 Å². The minimum atomic E-state index is -0.528. The van der Waals surface area contributed by atoms with Crippen molar-refractivity contribution in [1.82, 2.24) is 15.0 Å². The maximum atomic E-state index is 11.7. The number of aromatic nitrogens is 3. The molecule has 90 valence electrons. The normalized spacial score (nSPS) is 11.7. The lowest BCUT2D eigenvalue weighted by molar-refractivity contribution is -0.123. The van der Waals surface area contributed by atoms with Crippen LogP contribution in [0.1, 0.15) is 20.8 Å². The van der Waals surface area contributed by atoms with Crippen LogP contribution in [0, 0.1) is 5.41 Å². The molecule has 2 rings (SSSR count). The molecular formula is C11H14N4O2. The molecule has 1 amide bonds. The molecule has 0 fully saturated rings. The van der Waals surface area contributed by atoms with Crippen LogP contribution in [-0.2, 0) is 4.79 Å². The number of aromatic hydroxyl groups is 1. The number of carbonyl (C=O) groups excluding carboxylic acids is 1. The van der Waals surface area contributed by atoms with Gasteiger partial charge in [0.05, 0.1) is 5.56 Å². The third-order valence-corrected chi connectivity index (χ3v) is 2.31. The fourth-order valence-corrected chi connectivity index (χ4v) is 1.28. The summed E-state index contributed by atoms with van der Waals surface area (Å²) in [6, 6.07) is 1.64. The van der Waals surface area contributed by atoms with Gasteiger partial charge in [0, 0.05) is 11.6 Å². The highest BCUT2D eigenvalue weighted by atomic mass is 16.3. The number of hydrogen-bond donors (Lipinski definition) is 3. The summed E-state index contributed by atoms with van der Waals surface area (Å²) in [5.74, 6) is 0.336. The Kier molecular flexibility index (Phi) is 2.49. The van der Waals surface area contributed by atoms with E-state index in [1.165, 1.54) is 0 Å². The molecule has 17 heavy (non-hydrogen) atoms. The van der Waals surface area contributed by atoms with Gasteiger partial charge in [-0.15, -0.1) is 0 Å². The molecule has 0 aromatic rings. The Hall–Kier alpha value is -2.11. The van der Waals surface area contributed by atoms with Crippen molar-refractivity contribution < 1.29 is 9.90 Å². The third kappa shape index (κ3) is 2.20. The molecule has 0 aliphatic carbocycles. The predicted molar refractivity (Wildman–Crippen MR) is 62.8 cm³/mol. The lowest BCUT2D eigenvalue weighted by atomic mass is 9.96. The zero-order valence-corrected chi connectivity index (χ0v) is 9.90. The fraction of sp³-hybridized carbons (Fsp3) is 0.364. The zero-order chi connectivity index (χ0) is 12.6. The number of aromatic amines is 1. The monoisotopic (exact) mass is 234 g/mol. The average Bonchev–Trinajstić information content (AvgIpc) is 2.64. The van der Waals surface area contributed by atoms with Gasteiger partial charge >= 0.3 is 0 Å². The minimum absolute atomic E-state index is 0.152. The summed E-state index contributed by atoms with van der Waals surface area (Å²) in [6.45, 7) is 5.38. The van der Waals surface area contributed by atoms with E-state index in [9.17, 15) is 9.90 Å². The Labute approximate surface area is 98.4 Å². The smallest absolute Gasteiger partial charge is 0.232 e. The highest BCUT2D eigenvalue weighted by Crippen LogP contribution is 2.28. The van der Waals surface area contributed by atoms with Crippen LogP contribution in [0.5, 0.6) is 5.88 Å². The Morgan fingerprint density at radius 2 is 2.18 bits per heavy atom. The zero-order valence-electron chi connectivity index (χ0n) is 9.90. The number of nitrogens with zero attached hydrogens (tertiary/aromatic N) is 2. The summed E-state index contributed by atoms with van der Waals surface area (Å²) in [7, 11) is 0. The van der Waals surface area contributed by atoms with Crippen LogP contribution in [0.3, 0.4) is 0 Å². The Bertz CT molecular complexity index is 527. The number of H-pyrrole nitrogens is 1.